The molecule has 0 aromatic heterocycles. The van der Waals surface area contributed by atoms with Crippen LogP contribution in [0.1, 0.15) is 37.1 Å². The van der Waals surface area contributed by atoms with E-state index in [1.807, 2.05) is 60.7 Å². The number of hydrogen-bond donors (Lipinski definition) is 0. The van der Waals surface area contributed by atoms with Crippen LogP contribution in [0, 0.1) is 0 Å². The fourth-order valence-electron chi connectivity index (χ4n) is 3.68. The first kappa shape index (κ1) is 28.5. The Morgan fingerprint density at radius 1 is 0.545 bits per heavy atom. The average molecular weight is 517 g/mol. The number of benzene rings is 1. The van der Waals surface area contributed by atoms with E-state index in [1.54, 1.807) is 0 Å². The minimum absolute atomic E-state index is 0. The molecule has 0 aliphatic heterocycles. The van der Waals surface area contributed by atoms with Crippen molar-refractivity contribution in [2.75, 3.05) is 4.90 Å². The molecular formula is C30H31Fe2N. The summed E-state index contributed by atoms with van der Waals surface area (Å²) < 4.78 is 0. The van der Waals surface area contributed by atoms with Crippen LogP contribution < -0.4 is 4.90 Å². The van der Waals surface area contributed by atoms with E-state index < -0.39 is 0 Å². The molecule has 5 rings (SSSR count). The Kier molecular flexibility index (Phi) is 13.9. The summed E-state index contributed by atoms with van der Waals surface area (Å²) in [6.45, 7) is 4.56. The third-order valence-electron chi connectivity index (χ3n) is 5.34. The summed E-state index contributed by atoms with van der Waals surface area (Å²) in [6.07, 6.45) is 0. The topological polar surface area (TPSA) is 3.24 Å². The van der Waals surface area contributed by atoms with Crippen LogP contribution in [0.4, 0.5) is 5.69 Å². The summed E-state index contributed by atoms with van der Waals surface area (Å²) in [6, 6.07) is 48.6. The van der Waals surface area contributed by atoms with Gasteiger partial charge in [-0.15, -0.1) is 11.1 Å². The largest absolute Gasteiger partial charge is 2.00 e. The van der Waals surface area contributed by atoms with E-state index in [2.05, 4.69) is 97.6 Å². The summed E-state index contributed by atoms with van der Waals surface area (Å²) in [5.41, 5.74) is 3.98. The molecule has 0 N–H and O–H groups in total. The van der Waals surface area contributed by atoms with Crippen LogP contribution in [0.2, 0.25) is 0 Å². The van der Waals surface area contributed by atoms with E-state index >= 15 is 0 Å². The Morgan fingerprint density at radius 3 is 1.21 bits per heavy atom. The molecule has 1 nitrogen and oxygen atoms in total. The predicted octanol–water partition coefficient (Wildman–Crippen LogP) is 8.26. The minimum Gasteiger partial charge on any atom is -0.380 e. The molecule has 172 valence electrons. The van der Waals surface area contributed by atoms with Crippen molar-refractivity contribution < 1.29 is 34.1 Å². The van der Waals surface area contributed by atoms with Gasteiger partial charge in [-0.3, -0.25) is 0 Å². The molecule has 5 aromatic carbocycles. The Bertz CT molecular complexity index is 898. The van der Waals surface area contributed by atoms with Crippen LogP contribution in [0.15, 0.2) is 140 Å². The first-order valence-corrected chi connectivity index (χ1v) is 10.9. The van der Waals surface area contributed by atoms with Crippen molar-refractivity contribution in [3.63, 3.8) is 0 Å². The molecule has 33 heavy (non-hydrogen) atoms. The monoisotopic (exact) mass is 517 g/mol. The van der Waals surface area contributed by atoms with Gasteiger partial charge in [-0.25, -0.2) is 48.5 Å². The number of para-hydroxylation sites is 1. The van der Waals surface area contributed by atoms with Gasteiger partial charge in [-0.2, -0.15) is 60.7 Å². The second-order valence-electron chi connectivity index (χ2n) is 7.46. The summed E-state index contributed by atoms with van der Waals surface area (Å²) in [5, 5.41) is 0. The quantitative estimate of drug-likeness (QED) is 0.168. The predicted molar refractivity (Wildman–Crippen MR) is 134 cm³/mol. The van der Waals surface area contributed by atoms with E-state index in [1.165, 1.54) is 16.8 Å². The number of anilines is 1. The summed E-state index contributed by atoms with van der Waals surface area (Å²) >= 11 is 0. The summed E-state index contributed by atoms with van der Waals surface area (Å²) in [5.74, 6) is 0. The molecule has 0 saturated carbocycles. The van der Waals surface area contributed by atoms with E-state index in [0.29, 0.717) is 12.1 Å². The Labute approximate surface area is 220 Å². The Morgan fingerprint density at radius 2 is 0.909 bits per heavy atom. The smallest absolute Gasteiger partial charge is 0.380 e. The molecular weight excluding hydrogens is 486 g/mol. The number of hydrogen-bond acceptors (Lipinski definition) is 1. The van der Waals surface area contributed by atoms with Crippen molar-refractivity contribution in [1.82, 2.24) is 0 Å². The van der Waals surface area contributed by atoms with E-state index in [0.717, 1.165) is 0 Å². The molecule has 5 aromatic rings. The SMILES string of the molecule is CC([c-]1cccc1)N(c1ccccc1)C(C)[c-]1cccc1.[Fe+2].[Fe+2].c1cc[cH-]c1.c1cc[cH-]c1. The Hall–Kier alpha value is -2.54. The van der Waals surface area contributed by atoms with Crippen LogP contribution in [-0.2, 0) is 34.1 Å². The molecule has 0 saturated heterocycles. The normalized spacial score (nSPS) is 11.2. The molecule has 0 amide bonds. The second-order valence-corrected chi connectivity index (χ2v) is 7.46. The van der Waals surface area contributed by atoms with E-state index in [-0.39, 0.29) is 34.1 Å². The van der Waals surface area contributed by atoms with Gasteiger partial charge < -0.3 is 4.90 Å². The molecule has 0 spiro atoms. The first-order chi connectivity index (χ1) is 15.3. The van der Waals surface area contributed by atoms with E-state index in [9.17, 15) is 0 Å². The van der Waals surface area contributed by atoms with Crippen molar-refractivity contribution in [3.05, 3.63) is 151 Å². The molecule has 0 aliphatic rings. The van der Waals surface area contributed by atoms with Gasteiger partial charge in [0.2, 0.25) is 0 Å². The zero-order valence-corrected chi connectivity index (χ0v) is 21.3. The minimum atomic E-state index is 0. The van der Waals surface area contributed by atoms with Crippen molar-refractivity contribution in [2.24, 2.45) is 0 Å². The van der Waals surface area contributed by atoms with Crippen molar-refractivity contribution in [1.29, 1.82) is 0 Å². The van der Waals surface area contributed by atoms with Gasteiger partial charge in [0.1, 0.15) is 0 Å². The van der Waals surface area contributed by atoms with Gasteiger partial charge in [-0.1, -0.05) is 32.0 Å². The summed E-state index contributed by atoms with van der Waals surface area (Å²) in [7, 11) is 0. The number of rotatable bonds is 5. The van der Waals surface area contributed by atoms with Crippen molar-refractivity contribution in [3.8, 4) is 0 Å². The van der Waals surface area contributed by atoms with Gasteiger partial charge in [-0.05, 0) is 12.1 Å². The number of nitrogens with zero attached hydrogens (tertiary/aromatic N) is 1. The fourth-order valence-corrected chi connectivity index (χ4v) is 3.68. The molecule has 2 atom stereocenters. The standard InChI is InChI=1S/C20H21N.2C5H5.2Fe/c1-16(18-10-6-7-11-18)21(20-14-4-3-5-15-20)17(2)19-12-8-9-13-19;2*1-2-4-5-3-1;;/h3-17H,1-2H3;2*1-5H;;/q-2;2*-1;2*+2. The molecule has 3 heteroatoms. The van der Waals surface area contributed by atoms with Gasteiger partial charge >= 0.3 is 34.1 Å². The van der Waals surface area contributed by atoms with Gasteiger partial charge in [0.25, 0.3) is 0 Å². The van der Waals surface area contributed by atoms with Crippen LogP contribution in [0.5, 0.6) is 0 Å². The zero-order valence-electron chi connectivity index (χ0n) is 19.1. The first-order valence-electron chi connectivity index (χ1n) is 10.9. The third-order valence-corrected chi connectivity index (χ3v) is 5.34. The molecule has 0 heterocycles. The van der Waals surface area contributed by atoms with Crippen LogP contribution in [0.25, 0.3) is 0 Å². The van der Waals surface area contributed by atoms with Gasteiger partial charge in [0.05, 0.1) is 0 Å². The van der Waals surface area contributed by atoms with E-state index in [4.69, 9.17) is 0 Å². The Balaban J connectivity index is 0.000000375. The van der Waals surface area contributed by atoms with Crippen LogP contribution in [-0.4, -0.2) is 0 Å². The van der Waals surface area contributed by atoms with Gasteiger partial charge in [0.15, 0.2) is 0 Å². The molecule has 2 unspecified atom stereocenters. The van der Waals surface area contributed by atoms with Crippen LogP contribution >= 0.6 is 0 Å². The third kappa shape index (κ3) is 9.08. The molecule has 0 bridgehead atoms. The average Bonchev–Trinajstić information content (AvgIpc) is 3.66. The van der Waals surface area contributed by atoms with Crippen molar-refractivity contribution in [2.45, 2.75) is 25.9 Å². The summed E-state index contributed by atoms with van der Waals surface area (Å²) in [4.78, 5) is 2.49. The van der Waals surface area contributed by atoms with Crippen LogP contribution in [0.3, 0.4) is 0 Å². The van der Waals surface area contributed by atoms with Crippen molar-refractivity contribution >= 4 is 5.69 Å². The van der Waals surface area contributed by atoms with Gasteiger partial charge in [0, 0.05) is 17.8 Å². The second kappa shape index (κ2) is 16.1. The molecule has 0 fully saturated rings. The molecule has 0 aliphatic carbocycles. The maximum Gasteiger partial charge on any atom is 2.00 e. The molecule has 0 radical (unpaired) electrons. The maximum absolute atomic E-state index is 2.49. The fraction of sp³-hybridized carbons (Fsp3) is 0.133. The maximum atomic E-state index is 2.49. The zero-order chi connectivity index (χ0) is 21.7.